The number of nitrogens with zero attached hydrogens (tertiary/aromatic N) is 3. The van der Waals surface area contributed by atoms with Crippen LogP contribution in [0.15, 0.2) is 54.6 Å². The topological polar surface area (TPSA) is 43.9 Å². The SMILES string of the molecule is CN(C)c1ccc(C(=O)N2CCN(Cc3ccccc3)C(=O)C2)cc1. The van der Waals surface area contributed by atoms with Crippen molar-refractivity contribution in [3.8, 4) is 0 Å². The number of rotatable bonds is 4. The van der Waals surface area contributed by atoms with Crippen molar-refractivity contribution in [1.29, 1.82) is 0 Å². The Balaban J connectivity index is 1.62. The van der Waals surface area contributed by atoms with Crippen molar-refractivity contribution in [3.63, 3.8) is 0 Å². The second-order valence-corrected chi connectivity index (χ2v) is 6.47. The maximum absolute atomic E-state index is 12.6. The van der Waals surface area contributed by atoms with E-state index in [1.165, 1.54) is 0 Å². The van der Waals surface area contributed by atoms with E-state index in [0.29, 0.717) is 25.2 Å². The summed E-state index contributed by atoms with van der Waals surface area (Å²) in [7, 11) is 3.92. The molecule has 2 aromatic carbocycles. The third-order valence-corrected chi connectivity index (χ3v) is 4.45. The van der Waals surface area contributed by atoms with E-state index in [1.54, 1.807) is 4.90 Å². The molecule has 0 aliphatic carbocycles. The fourth-order valence-corrected chi connectivity index (χ4v) is 2.94. The zero-order valence-corrected chi connectivity index (χ0v) is 14.7. The molecule has 25 heavy (non-hydrogen) atoms. The monoisotopic (exact) mass is 337 g/mol. The van der Waals surface area contributed by atoms with Gasteiger partial charge in [0.25, 0.3) is 5.91 Å². The third-order valence-electron chi connectivity index (χ3n) is 4.45. The minimum absolute atomic E-state index is 0.00614. The lowest BCUT2D eigenvalue weighted by Crippen LogP contribution is -2.51. The summed E-state index contributed by atoms with van der Waals surface area (Å²) in [6.07, 6.45) is 0. The Kier molecular flexibility index (Phi) is 5.03. The smallest absolute Gasteiger partial charge is 0.254 e. The van der Waals surface area contributed by atoms with Crippen molar-refractivity contribution >= 4 is 17.5 Å². The van der Waals surface area contributed by atoms with E-state index in [4.69, 9.17) is 0 Å². The van der Waals surface area contributed by atoms with Gasteiger partial charge in [-0.25, -0.2) is 0 Å². The summed E-state index contributed by atoms with van der Waals surface area (Å²) in [5, 5.41) is 0. The Bertz CT molecular complexity index is 741. The molecule has 0 atom stereocenters. The third kappa shape index (κ3) is 3.99. The van der Waals surface area contributed by atoms with E-state index in [9.17, 15) is 9.59 Å². The predicted octanol–water partition coefficient (Wildman–Crippen LogP) is 2.24. The van der Waals surface area contributed by atoms with Crippen LogP contribution in [0.3, 0.4) is 0 Å². The van der Waals surface area contributed by atoms with E-state index in [0.717, 1.165) is 11.3 Å². The maximum Gasteiger partial charge on any atom is 0.254 e. The van der Waals surface area contributed by atoms with E-state index >= 15 is 0 Å². The van der Waals surface area contributed by atoms with Gasteiger partial charge in [0.15, 0.2) is 0 Å². The first kappa shape index (κ1) is 17.0. The summed E-state index contributed by atoms with van der Waals surface area (Å²) in [5.41, 5.74) is 2.77. The molecule has 130 valence electrons. The highest BCUT2D eigenvalue weighted by molar-refractivity contribution is 5.97. The summed E-state index contributed by atoms with van der Waals surface area (Å²) < 4.78 is 0. The zero-order valence-electron chi connectivity index (χ0n) is 14.7. The standard InChI is InChI=1S/C20H23N3O2/c1-21(2)18-10-8-17(9-11-18)20(25)23-13-12-22(19(24)15-23)14-16-6-4-3-5-7-16/h3-11H,12-15H2,1-2H3. The molecule has 1 saturated heterocycles. The van der Waals surface area contributed by atoms with Gasteiger partial charge in [-0.1, -0.05) is 30.3 Å². The van der Waals surface area contributed by atoms with Crippen LogP contribution in [0.4, 0.5) is 5.69 Å². The molecule has 0 bridgehead atoms. The number of hydrogen-bond donors (Lipinski definition) is 0. The fraction of sp³-hybridized carbons (Fsp3) is 0.300. The molecule has 0 unspecified atom stereocenters. The predicted molar refractivity (Wildman–Crippen MR) is 98.5 cm³/mol. The summed E-state index contributed by atoms with van der Waals surface area (Å²) in [6, 6.07) is 17.4. The highest BCUT2D eigenvalue weighted by atomic mass is 16.2. The Labute approximate surface area is 148 Å². The number of hydrogen-bond acceptors (Lipinski definition) is 3. The minimum Gasteiger partial charge on any atom is -0.378 e. The quantitative estimate of drug-likeness (QED) is 0.859. The van der Waals surface area contributed by atoms with Crippen LogP contribution >= 0.6 is 0 Å². The molecule has 1 heterocycles. The fourth-order valence-electron chi connectivity index (χ4n) is 2.94. The summed E-state index contributed by atoms with van der Waals surface area (Å²) in [4.78, 5) is 30.5. The molecule has 1 aliphatic heterocycles. The number of benzene rings is 2. The van der Waals surface area contributed by atoms with Gasteiger partial charge in [0.05, 0.1) is 0 Å². The average molecular weight is 337 g/mol. The van der Waals surface area contributed by atoms with Gasteiger partial charge in [-0.2, -0.15) is 0 Å². The summed E-state index contributed by atoms with van der Waals surface area (Å²) in [5.74, 6) is -0.0913. The molecule has 0 aromatic heterocycles. The van der Waals surface area contributed by atoms with Gasteiger partial charge in [0.1, 0.15) is 6.54 Å². The average Bonchev–Trinajstić information content (AvgIpc) is 2.64. The van der Waals surface area contributed by atoms with Crippen molar-refractivity contribution in [2.45, 2.75) is 6.54 Å². The van der Waals surface area contributed by atoms with Crippen molar-refractivity contribution in [2.24, 2.45) is 0 Å². The second kappa shape index (κ2) is 7.38. The molecule has 2 aromatic rings. The number of carbonyl (C=O) groups is 2. The molecule has 0 saturated carbocycles. The van der Waals surface area contributed by atoms with Crippen LogP contribution in [-0.4, -0.2) is 55.3 Å². The largest absolute Gasteiger partial charge is 0.378 e. The van der Waals surface area contributed by atoms with Crippen LogP contribution in [0.1, 0.15) is 15.9 Å². The molecule has 1 aliphatic rings. The Morgan fingerprint density at radius 3 is 2.28 bits per heavy atom. The lowest BCUT2D eigenvalue weighted by molar-refractivity contribution is -0.135. The van der Waals surface area contributed by atoms with Gasteiger partial charge in [-0.05, 0) is 29.8 Å². The molecule has 0 N–H and O–H groups in total. The minimum atomic E-state index is -0.0852. The van der Waals surface area contributed by atoms with E-state index in [2.05, 4.69) is 0 Å². The first-order chi connectivity index (χ1) is 12.0. The maximum atomic E-state index is 12.6. The molecular formula is C20H23N3O2. The molecule has 2 amide bonds. The lowest BCUT2D eigenvalue weighted by atomic mass is 10.1. The molecule has 0 spiro atoms. The lowest BCUT2D eigenvalue weighted by Gasteiger charge is -2.34. The highest BCUT2D eigenvalue weighted by Gasteiger charge is 2.27. The van der Waals surface area contributed by atoms with Crippen LogP contribution < -0.4 is 4.90 Å². The van der Waals surface area contributed by atoms with E-state index < -0.39 is 0 Å². The number of piperazine rings is 1. The van der Waals surface area contributed by atoms with Gasteiger partial charge in [0.2, 0.25) is 5.91 Å². The van der Waals surface area contributed by atoms with E-state index in [1.807, 2.05) is 78.5 Å². The summed E-state index contributed by atoms with van der Waals surface area (Å²) in [6.45, 7) is 1.86. The molecule has 0 radical (unpaired) electrons. The molecule has 5 heteroatoms. The molecule has 5 nitrogen and oxygen atoms in total. The molecule has 3 rings (SSSR count). The van der Waals surface area contributed by atoms with Gasteiger partial charge >= 0.3 is 0 Å². The van der Waals surface area contributed by atoms with Gasteiger partial charge in [-0.15, -0.1) is 0 Å². The highest BCUT2D eigenvalue weighted by Crippen LogP contribution is 2.16. The van der Waals surface area contributed by atoms with Crippen LogP contribution in [0.5, 0.6) is 0 Å². The van der Waals surface area contributed by atoms with Gasteiger partial charge < -0.3 is 14.7 Å². The van der Waals surface area contributed by atoms with Crippen LogP contribution in [0, 0.1) is 0 Å². The normalized spacial score (nSPS) is 14.6. The van der Waals surface area contributed by atoms with Crippen molar-refractivity contribution in [2.75, 3.05) is 38.6 Å². The number of carbonyl (C=O) groups excluding carboxylic acids is 2. The van der Waals surface area contributed by atoms with Crippen molar-refractivity contribution in [1.82, 2.24) is 9.80 Å². The second-order valence-electron chi connectivity index (χ2n) is 6.47. The van der Waals surface area contributed by atoms with Crippen LogP contribution in [0.25, 0.3) is 0 Å². The van der Waals surface area contributed by atoms with E-state index in [-0.39, 0.29) is 18.4 Å². The number of anilines is 1. The zero-order chi connectivity index (χ0) is 17.8. The summed E-state index contributed by atoms with van der Waals surface area (Å²) >= 11 is 0. The van der Waals surface area contributed by atoms with Crippen molar-refractivity contribution in [3.05, 3.63) is 65.7 Å². The first-order valence-electron chi connectivity index (χ1n) is 8.43. The Morgan fingerprint density at radius 1 is 1.00 bits per heavy atom. The van der Waals surface area contributed by atoms with Gasteiger partial charge in [0, 0.05) is 45.0 Å². The van der Waals surface area contributed by atoms with Crippen molar-refractivity contribution < 1.29 is 9.59 Å². The molecule has 1 fully saturated rings. The van der Waals surface area contributed by atoms with Gasteiger partial charge in [-0.3, -0.25) is 9.59 Å². The molecular weight excluding hydrogens is 314 g/mol. The Morgan fingerprint density at radius 2 is 1.68 bits per heavy atom. The van der Waals surface area contributed by atoms with Crippen LogP contribution in [0.2, 0.25) is 0 Å². The number of amides is 2. The van der Waals surface area contributed by atoms with Crippen LogP contribution in [-0.2, 0) is 11.3 Å². The Hall–Kier alpha value is -2.82. The first-order valence-corrected chi connectivity index (χ1v) is 8.43.